The molecular formula is C23H19FN4O3S. The zero-order valence-corrected chi connectivity index (χ0v) is 17.6. The van der Waals surface area contributed by atoms with Gasteiger partial charge < -0.3 is 5.32 Å². The molecule has 0 radical (unpaired) electrons. The number of amides is 1. The van der Waals surface area contributed by atoms with Gasteiger partial charge >= 0.3 is 0 Å². The van der Waals surface area contributed by atoms with E-state index in [1.807, 2.05) is 24.3 Å². The Balaban J connectivity index is 1.41. The van der Waals surface area contributed by atoms with E-state index in [9.17, 15) is 17.6 Å². The minimum absolute atomic E-state index is 0.0164. The fourth-order valence-corrected chi connectivity index (χ4v) is 4.62. The lowest BCUT2D eigenvalue weighted by molar-refractivity contribution is -0.117. The van der Waals surface area contributed by atoms with Gasteiger partial charge in [0, 0.05) is 17.0 Å². The van der Waals surface area contributed by atoms with Crippen LogP contribution >= 0.6 is 0 Å². The molecule has 0 saturated heterocycles. The summed E-state index contributed by atoms with van der Waals surface area (Å²) in [6.07, 6.45) is 1.82. The first-order valence-corrected chi connectivity index (χ1v) is 11.6. The van der Waals surface area contributed by atoms with Gasteiger partial charge in [0.25, 0.3) is 10.0 Å². The molecule has 7 nitrogen and oxygen atoms in total. The van der Waals surface area contributed by atoms with E-state index in [1.165, 1.54) is 18.2 Å². The molecule has 1 amide bonds. The van der Waals surface area contributed by atoms with Gasteiger partial charge in [-0.15, -0.1) is 0 Å². The smallest absolute Gasteiger partial charge is 0.264 e. The lowest BCUT2D eigenvalue weighted by Gasteiger charge is -2.10. The molecule has 0 aliphatic heterocycles. The fraction of sp³-hybridized carbons (Fsp3) is 0.130. The first-order chi connectivity index (χ1) is 15.4. The van der Waals surface area contributed by atoms with Crippen molar-refractivity contribution in [2.45, 2.75) is 17.7 Å². The van der Waals surface area contributed by atoms with Crippen molar-refractivity contribution in [3.8, 4) is 11.1 Å². The lowest BCUT2D eigenvalue weighted by atomic mass is 10.0. The second-order valence-corrected chi connectivity index (χ2v) is 9.36. The molecule has 4 aromatic rings. The lowest BCUT2D eigenvalue weighted by Crippen LogP contribution is -2.14. The molecule has 1 aliphatic rings. The number of nitrogens with zero attached hydrogens (tertiary/aromatic N) is 1. The third-order valence-corrected chi connectivity index (χ3v) is 6.74. The largest absolute Gasteiger partial charge is 0.308 e. The van der Waals surface area contributed by atoms with Gasteiger partial charge in [-0.1, -0.05) is 30.3 Å². The Labute approximate surface area is 183 Å². The molecule has 1 aromatic heterocycles. The van der Waals surface area contributed by atoms with Crippen LogP contribution in [0, 0.1) is 11.7 Å². The van der Waals surface area contributed by atoms with Crippen LogP contribution in [0.15, 0.2) is 71.6 Å². The van der Waals surface area contributed by atoms with Crippen molar-refractivity contribution in [2.75, 3.05) is 10.0 Å². The van der Waals surface area contributed by atoms with Gasteiger partial charge in [-0.3, -0.25) is 14.6 Å². The molecule has 5 rings (SSSR count). The zero-order valence-electron chi connectivity index (χ0n) is 16.8. The maximum atomic E-state index is 14.0. The van der Waals surface area contributed by atoms with Gasteiger partial charge in [-0.2, -0.15) is 5.10 Å². The van der Waals surface area contributed by atoms with Crippen LogP contribution in [0.3, 0.4) is 0 Å². The highest BCUT2D eigenvalue weighted by Crippen LogP contribution is 2.32. The molecule has 1 saturated carbocycles. The molecule has 3 aromatic carbocycles. The van der Waals surface area contributed by atoms with Gasteiger partial charge in [0.2, 0.25) is 5.91 Å². The minimum Gasteiger partial charge on any atom is -0.308 e. The summed E-state index contributed by atoms with van der Waals surface area (Å²) >= 11 is 0. The van der Waals surface area contributed by atoms with Crippen molar-refractivity contribution in [3.63, 3.8) is 0 Å². The number of H-pyrrole nitrogens is 1. The summed E-state index contributed by atoms with van der Waals surface area (Å²) in [5, 5.41) is 10.8. The highest BCUT2D eigenvalue weighted by molar-refractivity contribution is 7.92. The molecule has 1 fully saturated rings. The zero-order chi connectivity index (χ0) is 22.3. The summed E-state index contributed by atoms with van der Waals surface area (Å²) in [4.78, 5) is 11.6. The molecule has 9 heteroatoms. The Morgan fingerprint density at radius 1 is 1.00 bits per heavy atom. The topological polar surface area (TPSA) is 104 Å². The van der Waals surface area contributed by atoms with Gasteiger partial charge in [-0.05, 0) is 60.4 Å². The first-order valence-electron chi connectivity index (χ1n) is 10.1. The summed E-state index contributed by atoms with van der Waals surface area (Å²) in [5.74, 6) is -0.255. The number of aromatic amines is 1. The molecule has 0 unspecified atom stereocenters. The Bertz CT molecular complexity index is 1440. The number of halogens is 1. The number of benzene rings is 3. The highest BCUT2D eigenvalue weighted by Gasteiger charge is 2.30. The third-order valence-electron chi connectivity index (χ3n) is 5.33. The molecule has 0 bridgehead atoms. The van der Waals surface area contributed by atoms with Gasteiger partial charge in [0.1, 0.15) is 10.7 Å². The standard InChI is InChI=1S/C23H19FN4O3S/c24-19-6-1-2-7-21(19)32(30,31)28-17-5-3-4-15(12-17)16-10-11-18-20(13-16)26-27-22(18)25-23(29)14-8-9-14/h1-7,10-14,28H,8-9H2,(H2,25,26,27,29). The number of aromatic nitrogens is 2. The van der Waals surface area contributed by atoms with Crippen LogP contribution in [0.4, 0.5) is 15.9 Å². The molecular weight excluding hydrogens is 431 g/mol. The molecule has 3 N–H and O–H groups in total. The van der Waals surface area contributed by atoms with Crippen LogP contribution in [-0.4, -0.2) is 24.5 Å². The molecule has 0 atom stereocenters. The van der Waals surface area contributed by atoms with E-state index < -0.39 is 20.7 Å². The molecule has 32 heavy (non-hydrogen) atoms. The average Bonchev–Trinajstić information content (AvgIpc) is 3.56. The Hall–Kier alpha value is -3.72. The van der Waals surface area contributed by atoms with E-state index in [2.05, 4.69) is 20.2 Å². The Kier molecular flexibility index (Phi) is 4.90. The number of nitrogens with one attached hydrogen (secondary N) is 3. The molecule has 1 aliphatic carbocycles. The van der Waals surface area contributed by atoms with E-state index in [0.29, 0.717) is 11.5 Å². The van der Waals surface area contributed by atoms with E-state index in [-0.39, 0.29) is 11.8 Å². The molecule has 0 spiro atoms. The summed E-state index contributed by atoms with van der Waals surface area (Å²) < 4.78 is 41.6. The van der Waals surface area contributed by atoms with Crippen molar-refractivity contribution in [1.82, 2.24) is 10.2 Å². The maximum absolute atomic E-state index is 14.0. The van der Waals surface area contributed by atoms with Gasteiger partial charge in [-0.25, -0.2) is 12.8 Å². The molecule has 1 heterocycles. The molecule has 162 valence electrons. The summed E-state index contributed by atoms with van der Waals surface area (Å²) in [6, 6.07) is 17.6. The number of sulfonamides is 1. The predicted molar refractivity (Wildman–Crippen MR) is 120 cm³/mol. The first kappa shape index (κ1) is 20.2. The fourth-order valence-electron chi connectivity index (χ4n) is 3.49. The monoisotopic (exact) mass is 450 g/mol. The number of carbonyl (C=O) groups excluding carboxylic acids is 1. The van der Waals surface area contributed by atoms with Crippen molar-refractivity contribution >= 4 is 38.3 Å². The van der Waals surface area contributed by atoms with E-state index >= 15 is 0 Å². The number of hydrogen-bond donors (Lipinski definition) is 3. The van der Waals surface area contributed by atoms with Crippen molar-refractivity contribution in [2.24, 2.45) is 5.92 Å². The van der Waals surface area contributed by atoms with E-state index in [1.54, 1.807) is 18.2 Å². The van der Waals surface area contributed by atoms with Crippen LogP contribution in [0.25, 0.3) is 22.0 Å². The second kappa shape index (κ2) is 7.76. The number of anilines is 2. The van der Waals surface area contributed by atoms with Gasteiger partial charge in [0.15, 0.2) is 5.82 Å². The van der Waals surface area contributed by atoms with Crippen LogP contribution < -0.4 is 10.0 Å². The van der Waals surface area contributed by atoms with Crippen LogP contribution in [-0.2, 0) is 14.8 Å². The minimum atomic E-state index is -4.07. The number of fused-ring (bicyclic) bond motifs is 1. The van der Waals surface area contributed by atoms with Crippen molar-refractivity contribution in [1.29, 1.82) is 0 Å². The summed E-state index contributed by atoms with van der Waals surface area (Å²) in [7, 11) is -4.07. The average molecular weight is 450 g/mol. The second-order valence-electron chi connectivity index (χ2n) is 7.71. The van der Waals surface area contributed by atoms with Crippen LogP contribution in [0.1, 0.15) is 12.8 Å². The Morgan fingerprint density at radius 2 is 1.78 bits per heavy atom. The maximum Gasteiger partial charge on any atom is 0.264 e. The number of rotatable bonds is 6. The van der Waals surface area contributed by atoms with E-state index in [4.69, 9.17) is 0 Å². The predicted octanol–water partition coefficient (Wildman–Crippen LogP) is 4.52. The van der Waals surface area contributed by atoms with Crippen molar-refractivity contribution in [3.05, 3.63) is 72.5 Å². The number of hydrogen-bond acceptors (Lipinski definition) is 4. The van der Waals surface area contributed by atoms with Crippen LogP contribution in [0.2, 0.25) is 0 Å². The third kappa shape index (κ3) is 3.94. The quantitative estimate of drug-likeness (QED) is 0.402. The highest BCUT2D eigenvalue weighted by atomic mass is 32.2. The Morgan fingerprint density at radius 3 is 2.56 bits per heavy atom. The van der Waals surface area contributed by atoms with E-state index in [0.717, 1.165) is 40.9 Å². The van der Waals surface area contributed by atoms with Gasteiger partial charge in [0.05, 0.1) is 5.52 Å². The summed E-state index contributed by atoms with van der Waals surface area (Å²) in [6.45, 7) is 0. The van der Waals surface area contributed by atoms with Crippen LogP contribution in [0.5, 0.6) is 0 Å². The van der Waals surface area contributed by atoms with Crippen molar-refractivity contribution < 1.29 is 17.6 Å². The number of carbonyl (C=O) groups is 1. The SMILES string of the molecule is O=C(Nc1n[nH]c2cc(-c3cccc(NS(=O)(=O)c4ccccc4F)c3)ccc12)C1CC1. The summed E-state index contributed by atoms with van der Waals surface area (Å²) in [5.41, 5.74) is 2.64. The normalized spacial score (nSPS) is 13.8.